The lowest BCUT2D eigenvalue weighted by atomic mass is 9.76. The molecule has 1 atom stereocenters. The van der Waals surface area contributed by atoms with Gasteiger partial charge in [0.2, 0.25) is 0 Å². The van der Waals surface area contributed by atoms with Gasteiger partial charge in [-0.15, -0.1) is 0 Å². The molecule has 1 aliphatic carbocycles. The monoisotopic (exact) mass is 212 g/mol. The summed E-state index contributed by atoms with van der Waals surface area (Å²) in [4.78, 5) is 23.4. The Labute approximate surface area is 91.2 Å². The van der Waals surface area contributed by atoms with E-state index in [1.54, 1.807) is 0 Å². The fourth-order valence-electron chi connectivity index (χ4n) is 1.90. The van der Waals surface area contributed by atoms with Gasteiger partial charge in [0, 0.05) is 5.92 Å². The molecule has 0 aromatic rings. The Morgan fingerprint density at radius 1 is 1.40 bits per heavy atom. The van der Waals surface area contributed by atoms with E-state index in [4.69, 9.17) is 0 Å². The van der Waals surface area contributed by atoms with Gasteiger partial charge in [-0.1, -0.05) is 26.2 Å². The highest BCUT2D eigenvalue weighted by molar-refractivity contribution is 6.00. The van der Waals surface area contributed by atoms with Crippen LogP contribution in [-0.2, 0) is 14.3 Å². The lowest BCUT2D eigenvalue weighted by molar-refractivity contribution is -0.151. The zero-order valence-electron chi connectivity index (χ0n) is 9.62. The molecule has 0 heterocycles. The van der Waals surface area contributed by atoms with Crippen LogP contribution in [0.15, 0.2) is 0 Å². The molecule has 0 aliphatic heterocycles. The molecule has 0 spiro atoms. The smallest absolute Gasteiger partial charge is 0.316 e. The zero-order valence-corrected chi connectivity index (χ0v) is 9.62. The number of Topliss-reactive ketones (excluding diaryl/α,β-unsaturated/α-hetero) is 1. The molecule has 0 radical (unpaired) electrons. The third-order valence-corrected chi connectivity index (χ3v) is 3.18. The first-order chi connectivity index (χ1) is 7.20. The predicted molar refractivity (Wildman–Crippen MR) is 57.4 cm³/mol. The molecule has 3 heteroatoms. The molecule has 0 N–H and O–H groups in total. The van der Waals surface area contributed by atoms with Gasteiger partial charge in [0.15, 0.2) is 0 Å². The van der Waals surface area contributed by atoms with Gasteiger partial charge in [-0.3, -0.25) is 9.59 Å². The Hall–Kier alpha value is -0.860. The topological polar surface area (TPSA) is 43.4 Å². The standard InChI is InChI=1S/C12H20O3/c1-3-4-8-10(12(14)15-2)11(13)9-6-5-7-9/h9-10H,3-8H2,1-2H3. The molecule has 0 saturated heterocycles. The van der Waals surface area contributed by atoms with Crippen LogP contribution in [0.4, 0.5) is 0 Å². The van der Waals surface area contributed by atoms with E-state index in [1.807, 2.05) is 0 Å². The number of ketones is 1. The average Bonchev–Trinajstić information content (AvgIpc) is 2.15. The Balaban J connectivity index is 2.53. The summed E-state index contributed by atoms with van der Waals surface area (Å²) in [6.07, 6.45) is 5.61. The summed E-state index contributed by atoms with van der Waals surface area (Å²) < 4.78 is 4.69. The number of ether oxygens (including phenoxy) is 1. The summed E-state index contributed by atoms with van der Waals surface area (Å²) in [6.45, 7) is 2.06. The van der Waals surface area contributed by atoms with Gasteiger partial charge in [0.05, 0.1) is 7.11 Å². The van der Waals surface area contributed by atoms with Crippen LogP contribution in [0.2, 0.25) is 0 Å². The SMILES string of the molecule is CCCCC(C(=O)OC)C(=O)C1CCC1. The van der Waals surface area contributed by atoms with Gasteiger partial charge in [-0.2, -0.15) is 0 Å². The number of hydrogen-bond acceptors (Lipinski definition) is 3. The van der Waals surface area contributed by atoms with Crippen molar-refractivity contribution >= 4 is 11.8 Å². The number of unbranched alkanes of at least 4 members (excludes halogenated alkanes) is 1. The summed E-state index contributed by atoms with van der Waals surface area (Å²) in [7, 11) is 1.36. The lowest BCUT2D eigenvalue weighted by Crippen LogP contribution is -2.34. The summed E-state index contributed by atoms with van der Waals surface area (Å²) in [5.41, 5.74) is 0. The molecule has 0 amide bonds. The van der Waals surface area contributed by atoms with Crippen LogP contribution in [0, 0.1) is 11.8 Å². The highest BCUT2D eigenvalue weighted by atomic mass is 16.5. The summed E-state index contributed by atoms with van der Waals surface area (Å²) in [6, 6.07) is 0. The summed E-state index contributed by atoms with van der Waals surface area (Å²) in [5.74, 6) is -0.604. The first kappa shape index (κ1) is 12.2. The van der Waals surface area contributed by atoms with E-state index in [0.717, 1.165) is 32.1 Å². The van der Waals surface area contributed by atoms with Crippen LogP contribution < -0.4 is 0 Å². The molecule has 0 aromatic carbocycles. The van der Waals surface area contributed by atoms with Crippen LogP contribution in [0.25, 0.3) is 0 Å². The molecule has 3 nitrogen and oxygen atoms in total. The molecular weight excluding hydrogens is 192 g/mol. The van der Waals surface area contributed by atoms with Crippen molar-refractivity contribution < 1.29 is 14.3 Å². The molecule has 1 fully saturated rings. The number of hydrogen-bond donors (Lipinski definition) is 0. The quantitative estimate of drug-likeness (QED) is 0.501. The number of carbonyl (C=O) groups excluding carboxylic acids is 2. The zero-order chi connectivity index (χ0) is 11.3. The molecule has 1 aliphatic rings. The lowest BCUT2D eigenvalue weighted by Gasteiger charge is -2.27. The van der Waals surface area contributed by atoms with Crippen molar-refractivity contribution in [2.45, 2.75) is 45.4 Å². The number of rotatable bonds is 6. The maximum atomic E-state index is 11.9. The van der Waals surface area contributed by atoms with Crippen LogP contribution in [-0.4, -0.2) is 18.9 Å². The van der Waals surface area contributed by atoms with Crippen LogP contribution in [0.3, 0.4) is 0 Å². The largest absolute Gasteiger partial charge is 0.468 e. The Morgan fingerprint density at radius 2 is 2.07 bits per heavy atom. The highest BCUT2D eigenvalue weighted by Gasteiger charge is 2.35. The highest BCUT2D eigenvalue weighted by Crippen LogP contribution is 2.31. The fraction of sp³-hybridized carbons (Fsp3) is 0.833. The van der Waals surface area contributed by atoms with Gasteiger partial charge < -0.3 is 4.74 Å². The number of carbonyl (C=O) groups is 2. The van der Waals surface area contributed by atoms with E-state index in [2.05, 4.69) is 11.7 Å². The van der Waals surface area contributed by atoms with E-state index in [9.17, 15) is 9.59 Å². The molecule has 1 rings (SSSR count). The predicted octanol–water partition coefficient (Wildman–Crippen LogP) is 2.33. The summed E-state index contributed by atoms with van der Waals surface area (Å²) in [5, 5.41) is 0. The average molecular weight is 212 g/mol. The Bertz CT molecular complexity index is 231. The van der Waals surface area contributed by atoms with Gasteiger partial charge in [-0.05, 0) is 19.3 Å². The van der Waals surface area contributed by atoms with Crippen molar-refractivity contribution in [2.24, 2.45) is 11.8 Å². The molecule has 0 bridgehead atoms. The molecule has 0 aromatic heterocycles. The van der Waals surface area contributed by atoms with Gasteiger partial charge >= 0.3 is 5.97 Å². The molecular formula is C12H20O3. The third-order valence-electron chi connectivity index (χ3n) is 3.18. The minimum Gasteiger partial charge on any atom is -0.468 e. The van der Waals surface area contributed by atoms with Crippen molar-refractivity contribution in [1.29, 1.82) is 0 Å². The minimum atomic E-state index is -0.500. The third kappa shape index (κ3) is 3.05. The molecule has 1 unspecified atom stereocenters. The van der Waals surface area contributed by atoms with E-state index in [0.29, 0.717) is 6.42 Å². The Kier molecular flexibility index (Phi) is 4.79. The van der Waals surface area contributed by atoms with E-state index >= 15 is 0 Å². The van der Waals surface area contributed by atoms with Crippen LogP contribution >= 0.6 is 0 Å². The maximum absolute atomic E-state index is 11.9. The van der Waals surface area contributed by atoms with Crippen molar-refractivity contribution in [2.75, 3.05) is 7.11 Å². The van der Waals surface area contributed by atoms with Crippen LogP contribution in [0.5, 0.6) is 0 Å². The second kappa shape index (κ2) is 5.89. The second-order valence-electron chi connectivity index (χ2n) is 4.25. The van der Waals surface area contributed by atoms with Gasteiger partial charge in [-0.25, -0.2) is 0 Å². The maximum Gasteiger partial charge on any atom is 0.316 e. The second-order valence-corrected chi connectivity index (χ2v) is 4.25. The first-order valence-electron chi connectivity index (χ1n) is 5.82. The summed E-state index contributed by atoms with van der Waals surface area (Å²) >= 11 is 0. The van der Waals surface area contributed by atoms with Crippen molar-refractivity contribution in [3.8, 4) is 0 Å². The van der Waals surface area contributed by atoms with Gasteiger partial charge in [0.25, 0.3) is 0 Å². The number of methoxy groups -OCH3 is 1. The van der Waals surface area contributed by atoms with Crippen molar-refractivity contribution in [1.82, 2.24) is 0 Å². The minimum absolute atomic E-state index is 0.113. The van der Waals surface area contributed by atoms with E-state index in [1.165, 1.54) is 7.11 Å². The fourth-order valence-corrected chi connectivity index (χ4v) is 1.90. The van der Waals surface area contributed by atoms with E-state index < -0.39 is 5.92 Å². The number of esters is 1. The van der Waals surface area contributed by atoms with Crippen LogP contribution in [0.1, 0.15) is 45.4 Å². The molecule has 86 valence electrons. The van der Waals surface area contributed by atoms with Crippen molar-refractivity contribution in [3.63, 3.8) is 0 Å². The first-order valence-corrected chi connectivity index (χ1v) is 5.82. The van der Waals surface area contributed by atoms with Crippen molar-refractivity contribution in [3.05, 3.63) is 0 Å². The normalized spacial score (nSPS) is 18.0. The Morgan fingerprint density at radius 3 is 2.47 bits per heavy atom. The molecule has 1 saturated carbocycles. The van der Waals surface area contributed by atoms with Gasteiger partial charge in [0.1, 0.15) is 11.7 Å². The molecule has 15 heavy (non-hydrogen) atoms. The van der Waals surface area contributed by atoms with E-state index in [-0.39, 0.29) is 17.7 Å².